The predicted molar refractivity (Wildman–Crippen MR) is 165 cm³/mol. The van der Waals surface area contributed by atoms with Gasteiger partial charge in [0.15, 0.2) is 0 Å². The van der Waals surface area contributed by atoms with Crippen molar-refractivity contribution in [3.8, 4) is 0 Å². The van der Waals surface area contributed by atoms with Crippen molar-refractivity contribution in [2.24, 2.45) is 52.8 Å². The van der Waals surface area contributed by atoms with Gasteiger partial charge in [-0.25, -0.2) is 0 Å². The summed E-state index contributed by atoms with van der Waals surface area (Å²) >= 11 is 0. The van der Waals surface area contributed by atoms with E-state index in [9.17, 15) is 14.7 Å². The Morgan fingerprint density at radius 2 is 1.86 bits per heavy atom. The second-order valence-electron chi connectivity index (χ2n) is 16.1. The summed E-state index contributed by atoms with van der Waals surface area (Å²) in [6.07, 6.45) is 6.95. The van der Waals surface area contributed by atoms with E-state index in [1.54, 1.807) is 0 Å². The Morgan fingerprint density at radius 1 is 1.11 bits per heavy atom. The third-order valence-corrected chi connectivity index (χ3v) is 14.0. The summed E-state index contributed by atoms with van der Waals surface area (Å²) in [5, 5.41) is 12.3. The molecule has 2 heterocycles. The fourth-order valence-corrected chi connectivity index (χ4v) is 12.5. The van der Waals surface area contributed by atoms with E-state index in [2.05, 4.69) is 45.9 Å². The zero-order chi connectivity index (χ0) is 31.0. The highest BCUT2D eigenvalue weighted by atomic mass is 16.6. The number of allylic oxidation sites excluding steroid dienone is 2. The summed E-state index contributed by atoms with van der Waals surface area (Å²) in [6.45, 7) is 13.3. The second-order valence-corrected chi connectivity index (χ2v) is 16.1. The summed E-state index contributed by atoms with van der Waals surface area (Å²) in [5.74, 6) is 0.615. The minimum absolute atomic E-state index is 0.0139. The van der Waals surface area contributed by atoms with Crippen molar-refractivity contribution in [2.75, 3.05) is 6.61 Å². The standard InChI is InChI=1S/C38H48O6/c1-20(33(39)42-17-14-23-10-8-7-9-11-23)24-12-15-35(4,41)30-26(18-24)21(2)29-28(30)27-19-37(6)38(29)31(27)36(5,44-37)16-13-25-22(3)34(40)43-32(25)38/h7-11,18,20,22,25,27-32,41H,12-17,19H2,1-6H3/t20-,22-,25-,27-,28-,29-,30-,31-,32-,35-,36-,37?,38?/m0/s1. The molecule has 5 bridgehead atoms. The number of fused-ring (bicyclic) bond motifs is 5. The molecule has 1 aromatic rings. The molecular weight excluding hydrogens is 552 g/mol. The molecule has 3 saturated carbocycles. The Balaban J connectivity index is 1.17. The maximum atomic E-state index is 13.3. The van der Waals surface area contributed by atoms with Crippen LogP contribution in [0.25, 0.3) is 0 Å². The third kappa shape index (κ3) is 3.50. The van der Waals surface area contributed by atoms with E-state index in [0.29, 0.717) is 37.7 Å². The number of benzene rings is 1. The molecule has 8 rings (SSSR count). The topological polar surface area (TPSA) is 82.1 Å². The molecule has 0 radical (unpaired) electrons. The molecule has 0 aromatic heterocycles. The minimum Gasteiger partial charge on any atom is -0.465 e. The van der Waals surface area contributed by atoms with Crippen LogP contribution < -0.4 is 0 Å². The molecule has 7 aliphatic rings. The number of carbonyl (C=O) groups excluding carboxylic acids is 2. The van der Waals surface area contributed by atoms with Gasteiger partial charge >= 0.3 is 11.9 Å². The fraction of sp³-hybridized carbons (Fsp3) is 0.684. The zero-order valence-corrected chi connectivity index (χ0v) is 27.1. The normalized spacial score (nSPS) is 48.6. The van der Waals surface area contributed by atoms with Crippen molar-refractivity contribution >= 4 is 11.9 Å². The number of aliphatic hydroxyl groups is 1. The predicted octanol–water partition coefficient (Wildman–Crippen LogP) is 6.21. The Kier molecular flexibility index (Phi) is 6.14. The molecule has 1 N–H and O–H groups in total. The maximum Gasteiger partial charge on any atom is 0.312 e. The van der Waals surface area contributed by atoms with Gasteiger partial charge in [-0.05, 0) is 95.6 Å². The summed E-state index contributed by atoms with van der Waals surface area (Å²) in [4.78, 5) is 26.5. The molecule has 6 nitrogen and oxygen atoms in total. The smallest absolute Gasteiger partial charge is 0.312 e. The Morgan fingerprint density at radius 3 is 2.61 bits per heavy atom. The number of hydrogen-bond donors (Lipinski definition) is 1. The van der Waals surface area contributed by atoms with Gasteiger partial charge < -0.3 is 19.3 Å². The van der Waals surface area contributed by atoms with Gasteiger partial charge in [-0.15, -0.1) is 0 Å². The van der Waals surface area contributed by atoms with Crippen molar-refractivity contribution in [1.29, 1.82) is 0 Å². The molecule has 2 aliphatic heterocycles. The van der Waals surface area contributed by atoms with Crippen LogP contribution in [0.5, 0.6) is 0 Å². The van der Waals surface area contributed by atoms with Crippen molar-refractivity contribution in [3.63, 3.8) is 0 Å². The Labute approximate surface area is 261 Å². The number of esters is 2. The van der Waals surface area contributed by atoms with E-state index < -0.39 is 5.60 Å². The molecule has 2 unspecified atom stereocenters. The van der Waals surface area contributed by atoms with Crippen LogP contribution in [0.2, 0.25) is 0 Å². The largest absolute Gasteiger partial charge is 0.465 e. The summed E-state index contributed by atoms with van der Waals surface area (Å²) < 4.78 is 19.4. The Bertz CT molecular complexity index is 1470. The van der Waals surface area contributed by atoms with Crippen molar-refractivity contribution < 1.29 is 28.9 Å². The van der Waals surface area contributed by atoms with E-state index in [4.69, 9.17) is 14.2 Å². The van der Waals surface area contributed by atoms with E-state index in [1.807, 2.05) is 32.0 Å². The molecule has 13 atom stereocenters. The van der Waals surface area contributed by atoms with Gasteiger partial charge in [0, 0.05) is 29.6 Å². The van der Waals surface area contributed by atoms with Crippen LogP contribution in [-0.2, 0) is 30.2 Å². The quantitative estimate of drug-likeness (QED) is 0.405. The molecule has 5 fully saturated rings. The maximum absolute atomic E-state index is 13.3. The highest BCUT2D eigenvalue weighted by molar-refractivity contribution is 5.76. The van der Waals surface area contributed by atoms with E-state index in [-0.39, 0.29) is 70.2 Å². The highest BCUT2D eigenvalue weighted by Gasteiger charge is 2.88. The van der Waals surface area contributed by atoms with Crippen molar-refractivity contribution in [2.45, 2.75) is 103 Å². The number of carbonyl (C=O) groups is 2. The number of ether oxygens (including phenoxy) is 3. The molecule has 5 aliphatic carbocycles. The molecular formula is C38H48O6. The second kappa shape index (κ2) is 9.31. The van der Waals surface area contributed by atoms with Gasteiger partial charge in [0.05, 0.1) is 35.2 Å². The SMILES string of the molecule is CC1=C2C=C([C@H](C)C(=O)OCCc3ccccc3)CC[C@](C)(O)[C@@H]2[C@H]2[C@@H]3CC4(C)O[C@@]5(C)CC[C@H]6[C@H](C)C(=O)O[C@@H]6C4([C@@H]35)[C@@H]12. The van der Waals surface area contributed by atoms with Crippen molar-refractivity contribution in [1.82, 2.24) is 0 Å². The van der Waals surface area contributed by atoms with E-state index >= 15 is 0 Å². The van der Waals surface area contributed by atoms with Crippen LogP contribution >= 0.6 is 0 Å². The number of rotatable bonds is 5. The molecule has 236 valence electrons. The van der Waals surface area contributed by atoms with Gasteiger partial charge in [-0.3, -0.25) is 9.59 Å². The fourth-order valence-electron chi connectivity index (χ4n) is 12.5. The van der Waals surface area contributed by atoms with E-state index in [1.165, 1.54) is 11.1 Å². The first kappa shape index (κ1) is 29.0. The van der Waals surface area contributed by atoms with Gasteiger partial charge in [-0.1, -0.05) is 54.5 Å². The van der Waals surface area contributed by atoms with Crippen LogP contribution in [0.1, 0.15) is 79.2 Å². The lowest BCUT2D eigenvalue weighted by Crippen LogP contribution is -2.58. The Hall–Kier alpha value is -2.44. The third-order valence-electron chi connectivity index (χ3n) is 14.0. The number of hydrogen-bond acceptors (Lipinski definition) is 6. The van der Waals surface area contributed by atoms with Gasteiger partial charge in [0.25, 0.3) is 0 Å². The summed E-state index contributed by atoms with van der Waals surface area (Å²) in [5.41, 5.74) is 2.90. The molecule has 6 heteroatoms. The average molecular weight is 601 g/mol. The minimum atomic E-state index is -0.905. The van der Waals surface area contributed by atoms with Crippen molar-refractivity contribution in [3.05, 3.63) is 58.7 Å². The average Bonchev–Trinajstić information content (AvgIpc) is 3.62. The van der Waals surface area contributed by atoms with Gasteiger partial charge in [-0.2, -0.15) is 0 Å². The van der Waals surface area contributed by atoms with Crippen LogP contribution in [0.15, 0.2) is 53.1 Å². The highest BCUT2D eigenvalue weighted by Crippen LogP contribution is 2.85. The molecule has 2 saturated heterocycles. The first-order valence-electron chi connectivity index (χ1n) is 17.1. The molecule has 44 heavy (non-hydrogen) atoms. The monoisotopic (exact) mass is 600 g/mol. The molecule has 0 amide bonds. The lowest BCUT2D eigenvalue weighted by molar-refractivity contribution is -0.207. The van der Waals surface area contributed by atoms with E-state index in [0.717, 1.165) is 30.4 Å². The van der Waals surface area contributed by atoms with Crippen LogP contribution in [0, 0.1) is 52.8 Å². The summed E-state index contributed by atoms with van der Waals surface area (Å²) in [7, 11) is 0. The van der Waals surface area contributed by atoms with Crippen LogP contribution in [-0.4, -0.2) is 46.6 Å². The first-order chi connectivity index (χ1) is 20.8. The summed E-state index contributed by atoms with van der Waals surface area (Å²) in [6, 6.07) is 10.1. The van der Waals surface area contributed by atoms with Gasteiger partial charge in [0.2, 0.25) is 0 Å². The first-order valence-corrected chi connectivity index (χ1v) is 17.1. The zero-order valence-electron chi connectivity index (χ0n) is 27.1. The van der Waals surface area contributed by atoms with Crippen LogP contribution in [0.3, 0.4) is 0 Å². The molecule has 1 aromatic carbocycles. The van der Waals surface area contributed by atoms with Crippen LogP contribution in [0.4, 0.5) is 0 Å². The lowest BCUT2D eigenvalue weighted by atomic mass is 9.55. The van der Waals surface area contributed by atoms with Gasteiger partial charge in [0.1, 0.15) is 6.10 Å². The molecule has 0 spiro atoms. The lowest BCUT2D eigenvalue weighted by Gasteiger charge is -2.53.